The van der Waals surface area contributed by atoms with Gasteiger partial charge >= 0.3 is 0 Å². The van der Waals surface area contributed by atoms with E-state index in [1.54, 1.807) is 11.3 Å². The van der Waals surface area contributed by atoms with Crippen molar-refractivity contribution in [1.82, 2.24) is 9.97 Å². The molecule has 0 aromatic carbocycles. The highest BCUT2D eigenvalue weighted by atomic mass is 32.2. The minimum absolute atomic E-state index is 0.140. The van der Waals surface area contributed by atoms with Gasteiger partial charge in [-0.25, -0.2) is 9.97 Å². The summed E-state index contributed by atoms with van der Waals surface area (Å²) in [6.45, 7) is 4.06. The molecule has 1 aliphatic carbocycles. The van der Waals surface area contributed by atoms with Gasteiger partial charge in [-0.05, 0) is 55.2 Å². The number of nitriles is 1. The van der Waals surface area contributed by atoms with Gasteiger partial charge in [0.25, 0.3) is 0 Å². The van der Waals surface area contributed by atoms with Crippen LogP contribution in [-0.2, 0) is 17.6 Å². The van der Waals surface area contributed by atoms with Gasteiger partial charge in [0.2, 0.25) is 5.91 Å². The summed E-state index contributed by atoms with van der Waals surface area (Å²) in [7, 11) is 0. The number of thiophene rings is 1. The number of amides is 1. The average Bonchev–Trinajstić information content (AvgIpc) is 3.39. The van der Waals surface area contributed by atoms with Crippen LogP contribution in [0.1, 0.15) is 37.1 Å². The first kappa shape index (κ1) is 20.1. The Kier molecular flexibility index (Phi) is 5.99. The maximum absolute atomic E-state index is 12.7. The molecule has 29 heavy (non-hydrogen) atoms. The maximum atomic E-state index is 12.7. The molecule has 3 aromatic rings. The number of aromatic nitrogens is 2. The van der Waals surface area contributed by atoms with E-state index in [9.17, 15) is 10.1 Å². The lowest BCUT2D eigenvalue weighted by Crippen LogP contribution is -2.23. The van der Waals surface area contributed by atoms with Crippen LogP contribution in [0.3, 0.4) is 0 Å². The van der Waals surface area contributed by atoms with Crippen molar-refractivity contribution in [2.24, 2.45) is 5.92 Å². The number of thioether (sulfide) groups is 1. The minimum Gasteiger partial charge on any atom is -0.301 e. The molecule has 2 atom stereocenters. The Morgan fingerprint density at radius 3 is 3.03 bits per heavy atom. The lowest BCUT2D eigenvalue weighted by molar-refractivity contribution is -0.115. The number of carbonyl (C=O) groups excluding carboxylic acids is 1. The largest absolute Gasteiger partial charge is 0.301 e. The van der Waals surface area contributed by atoms with E-state index in [0.717, 1.165) is 35.5 Å². The molecule has 0 aliphatic heterocycles. The van der Waals surface area contributed by atoms with E-state index >= 15 is 0 Å². The molecule has 4 rings (SSSR count). The van der Waals surface area contributed by atoms with Crippen LogP contribution >= 0.6 is 34.4 Å². The van der Waals surface area contributed by atoms with Crippen molar-refractivity contribution in [1.29, 1.82) is 5.26 Å². The van der Waals surface area contributed by atoms with Crippen molar-refractivity contribution in [2.75, 3.05) is 5.32 Å². The first-order valence-corrected chi connectivity index (χ1v) is 12.1. The third-order valence-electron chi connectivity index (χ3n) is 4.88. The highest BCUT2D eigenvalue weighted by molar-refractivity contribution is 8.00. The van der Waals surface area contributed by atoms with E-state index in [0.29, 0.717) is 21.6 Å². The SMILES string of the molecule is CC1CCc2nc(SC(C)C(=O)Nc3nc(-c4cccs4)cs3)c(C#N)cc2C1. The number of hydrogen-bond acceptors (Lipinski definition) is 7. The van der Waals surface area contributed by atoms with Crippen molar-refractivity contribution in [3.63, 3.8) is 0 Å². The number of anilines is 1. The highest BCUT2D eigenvalue weighted by Crippen LogP contribution is 2.32. The predicted octanol–water partition coefficient (Wildman–Crippen LogP) is 5.38. The van der Waals surface area contributed by atoms with Gasteiger partial charge in [0, 0.05) is 11.1 Å². The summed E-state index contributed by atoms with van der Waals surface area (Å²) in [5.41, 5.74) is 3.66. The lowest BCUT2D eigenvalue weighted by atomic mass is 9.87. The molecule has 0 saturated heterocycles. The first-order valence-electron chi connectivity index (χ1n) is 9.43. The summed E-state index contributed by atoms with van der Waals surface area (Å²) in [5, 5.41) is 17.2. The van der Waals surface area contributed by atoms with Gasteiger partial charge < -0.3 is 5.32 Å². The van der Waals surface area contributed by atoms with Crippen LogP contribution < -0.4 is 5.32 Å². The van der Waals surface area contributed by atoms with Crippen LogP contribution in [0, 0.1) is 17.2 Å². The Bertz CT molecular complexity index is 1070. The quantitative estimate of drug-likeness (QED) is 0.539. The fraction of sp³-hybridized carbons (Fsp3) is 0.333. The van der Waals surface area contributed by atoms with Crippen molar-refractivity contribution in [3.05, 3.63) is 45.8 Å². The molecule has 0 bridgehead atoms. The molecule has 1 amide bonds. The van der Waals surface area contributed by atoms with Gasteiger partial charge in [-0.15, -0.1) is 22.7 Å². The molecular formula is C21H20N4OS3. The smallest absolute Gasteiger partial charge is 0.239 e. The molecule has 1 aliphatic rings. The summed E-state index contributed by atoms with van der Waals surface area (Å²) >= 11 is 4.37. The summed E-state index contributed by atoms with van der Waals surface area (Å²) < 4.78 is 0. The second-order valence-electron chi connectivity index (χ2n) is 7.17. The van der Waals surface area contributed by atoms with Crippen LogP contribution in [0.5, 0.6) is 0 Å². The molecule has 148 valence electrons. The minimum atomic E-state index is -0.385. The Hall–Kier alpha value is -2.21. The average molecular weight is 441 g/mol. The van der Waals surface area contributed by atoms with Crippen molar-refractivity contribution >= 4 is 45.5 Å². The number of rotatable bonds is 5. The van der Waals surface area contributed by atoms with Gasteiger partial charge in [0.15, 0.2) is 5.13 Å². The number of aryl methyl sites for hydroxylation is 1. The van der Waals surface area contributed by atoms with Gasteiger partial charge in [-0.3, -0.25) is 4.79 Å². The molecule has 2 unspecified atom stereocenters. The summed E-state index contributed by atoms with van der Waals surface area (Å²) in [5.74, 6) is 0.482. The van der Waals surface area contributed by atoms with Gasteiger partial charge in [0.1, 0.15) is 11.1 Å². The van der Waals surface area contributed by atoms with Crippen LogP contribution in [-0.4, -0.2) is 21.1 Å². The van der Waals surface area contributed by atoms with Gasteiger partial charge in [0.05, 0.1) is 21.4 Å². The number of carbonyl (C=O) groups is 1. The summed E-state index contributed by atoms with van der Waals surface area (Å²) in [6.07, 6.45) is 3.01. The number of fused-ring (bicyclic) bond motifs is 1. The zero-order valence-corrected chi connectivity index (χ0v) is 18.6. The van der Waals surface area contributed by atoms with Crippen LogP contribution in [0.2, 0.25) is 0 Å². The number of nitrogens with zero attached hydrogens (tertiary/aromatic N) is 3. The van der Waals surface area contributed by atoms with E-state index in [1.165, 1.54) is 28.7 Å². The Labute approximate surface area is 182 Å². The molecule has 1 N–H and O–H groups in total. The van der Waals surface area contributed by atoms with E-state index < -0.39 is 0 Å². The fourth-order valence-electron chi connectivity index (χ4n) is 3.29. The number of hydrogen-bond donors (Lipinski definition) is 1. The normalized spacial score (nSPS) is 16.7. The molecule has 3 aromatic heterocycles. The molecule has 8 heteroatoms. The standard InChI is InChI=1S/C21H20N4OS3/c1-12-5-6-16-14(8-12)9-15(10-22)20(23-16)29-13(2)19(26)25-21-24-17(11-28-21)18-4-3-7-27-18/h3-4,7,9,11-13H,5-6,8H2,1-2H3,(H,24,25,26). The number of pyridine rings is 1. The Morgan fingerprint density at radius 1 is 1.41 bits per heavy atom. The van der Waals surface area contributed by atoms with E-state index in [2.05, 4.69) is 23.3 Å². The molecule has 3 heterocycles. The zero-order chi connectivity index (χ0) is 20.4. The molecule has 0 radical (unpaired) electrons. The van der Waals surface area contributed by atoms with Crippen molar-refractivity contribution in [2.45, 2.75) is 43.4 Å². The second-order valence-corrected chi connectivity index (χ2v) is 10.3. The maximum Gasteiger partial charge on any atom is 0.239 e. The second kappa shape index (κ2) is 8.66. The lowest BCUT2D eigenvalue weighted by Gasteiger charge is -2.22. The first-order chi connectivity index (χ1) is 14.0. The molecule has 0 fully saturated rings. The number of thiazole rings is 1. The third kappa shape index (κ3) is 4.53. The molecule has 0 spiro atoms. The summed E-state index contributed by atoms with van der Waals surface area (Å²) in [4.78, 5) is 23.0. The Balaban J connectivity index is 1.46. The van der Waals surface area contributed by atoms with Gasteiger partial charge in [-0.1, -0.05) is 24.8 Å². The summed E-state index contributed by atoms with van der Waals surface area (Å²) in [6, 6.07) is 8.20. The highest BCUT2D eigenvalue weighted by Gasteiger charge is 2.23. The molecular weight excluding hydrogens is 420 g/mol. The monoisotopic (exact) mass is 440 g/mol. The topological polar surface area (TPSA) is 78.7 Å². The molecule has 0 saturated carbocycles. The van der Waals surface area contributed by atoms with Crippen molar-refractivity contribution < 1.29 is 4.79 Å². The van der Waals surface area contributed by atoms with Crippen molar-refractivity contribution in [3.8, 4) is 16.6 Å². The number of nitrogens with one attached hydrogen (secondary N) is 1. The zero-order valence-electron chi connectivity index (χ0n) is 16.1. The van der Waals surface area contributed by atoms with E-state index in [-0.39, 0.29) is 11.2 Å². The van der Waals surface area contributed by atoms with Crippen LogP contribution in [0.4, 0.5) is 5.13 Å². The van der Waals surface area contributed by atoms with Crippen LogP contribution in [0.15, 0.2) is 34.0 Å². The van der Waals surface area contributed by atoms with Gasteiger partial charge in [-0.2, -0.15) is 5.26 Å². The van der Waals surface area contributed by atoms with E-state index in [4.69, 9.17) is 4.98 Å². The fourth-order valence-corrected chi connectivity index (χ4v) is 5.66. The van der Waals surface area contributed by atoms with E-state index in [1.807, 2.05) is 35.9 Å². The van der Waals surface area contributed by atoms with Crippen LogP contribution in [0.25, 0.3) is 10.6 Å². The predicted molar refractivity (Wildman–Crippen MR) is 120 cm³/mol. The third-order valence-corrected chi connectivity index (χ3v) is 7.64. The molecule has 5 nitrogen and oxygen atoms in total. The Morgan fingerprint density at radius 2 is 2.28 bits per heavy atom.